The number of nitrogen functional groups attached to an aromatic ring is 1. The number of H-pyrrole nitrogens is 1. The number of nitrogens with zero attached hydrogens (tertiary/aromatic N) is 3. The molecule has 10 heteroatoms. The monoisotopic (exact) mass is 411 g/mol. The molecule has 1 aliphatic carbocycles. The van der Waals surface area contributed by atoms with Crippen molar-refractivity contribution in [1.82, 2.24) is 19.5 Å². The van der Waals surface area contributed by atoms with Gasteiger partial charge in [-0.2, -0.15) is 9.97 Å². The lowest BCUT2D eigenvalue weighted by Gasteiger charge is -2.29. The summed E-state index contributed by atoms with van der Waals surface area (Å²) in [5.41, 5.74) is 6.60. The lowest BCUT2D eigenvalue weighted by atomic mass is 9.82. The number of imidazole rings is 1. The number of rotatable bonds is 8. The first kappa shape index (κ1) is 20.9. The minimum Gasteiger partial charge on any atom is -0.463 e. The van der Waals surface area contributed by atoms with Gasteiger partial charge in [0.25, 0.3) is 0 Å². The van der Waals surface area contributed by atoms with Crippen LogP contribution in [0.15, 0.2) is 4.79 Å². The number of anilines is 1. The van der Waals surface area contributed by atoms with E-state index in [1.807, 2.05) is 0 Å². The molecule has 2 aromatic rings. The van der Waals surface area contributed by atoms with Crippen LogP contribution in [-0.2, 0) is 11.1 Å². The average molecular weight is 411 g/mol. The van der Waals surface area contributed by atoms with E-state index < -0.39 is 7.37 Å². The van der Waals surface area contributed by atoms with Crippen LogP contribution < -0.4 is 16.2 Å². The van der Waals surface area contributed by atoms with Crippen molar-refractivity contribution in [2.45, 2.75) is 52.0 Å². The first-order valence-corrected chi connectivity index (χ1v) is 12.2. The number of ether oxygens (including phenoxy) is 1. The summed E-state index contributed by atoms with van der Waals surface area (Å²) in [4.78, 5) is 33.5. The molecule has 4 N–H and O–H groups in total. The molecule has 156 valence electrons. The van der Waals surface area contributed by atoms with Crippen molar-refractivity contribution in [2.24, 2.45) is 11.8 Å². The number of aromatic nitrogens is 4. The third-order valence-corrected chi connectivity index (χ3v) is 6.48. The van der Waals surface area contributed by atoms with Crippen molar-refractivity contribution in [3.8, 4) is 6.01 Å². The maximum Gasteiger partial charge on any atom is 0.327 e. The number of hydrogen-bond acceptors (Lipinski definition) is 6. The quantitative estimate of drug-likeness (QED) is 0.448. The molecule has 0 spiro atoms. The predicted molar refractivity (Wildman–Crippen MR) is 109 cm³/mol. The van der Waals surface area contributed by atoms with Crippen molar-refractivity contribution in [2.75, 3.05) is 25.2 Å². The molecule has 1 saturated carbocycles. The van der Waals surface area contributed by atoms with Gasteiger partial charge in [-0.05, 0) is 37.5 Å². The van der Waals surface area contributed by atoms with Crippen LogP contribution in [0.2, 0.25) is 0 Å². The van der Waals surface area contributed by atoms with E-state index in [1.54, 1.807) is 4.57 Å². The first-order chi connectivity index (χ1) is 13.3. The maximum absolute atomic E-state index is 12.5. The maximum atomic E-state index is 12.5. The minimum atomic E-state index is -3.04. The van der Waals surface area contributed by atoms with Crippen LogP contribution in [0, 0.1) is 11.8 Å². The molecule has 3 rings (SSSR count). The van der Waals surface area contributed by atoms with Crippen molar-refractivity contribution < 1.29 is 14.2 Å². The molecular weight excluding hydrogens is 381 g/mol. The van der Waals surface area contributed by atoms with Gasteiger partial charge in [0.15, 0.2) is 18.8 Å². The number of nitrogens with one attached hydrogen (secondary N) is 1. The Morgan fingerprint density at radius 2 is 2.11 bits per heavy atom. The molecule has 2 heterocycles. The standard InChI is InChI=1S/C18H30N5O4P/c1-3-4-8-27-17-21-15(19)14-16(22-17)23(18(24)20-14)10-12-6-5-7-13(9-12)11-28(2,25)26/h12-13H,3-11H2,1-2H3,(H,20,24)(H,25,26)(H2,19,21,22). The average Bonchev–Trinajstić information content (AvgIpc) is 2.91. The second kappa shape index (κ2) is 8.66. The zero-order valence-corrected chi connectivity index (χ0v) is 17.5. The summed E-state index contributed by atoms with van der Waals surface area (Å²) in [7, 11) is -3.04. The van der Waals surface area contributed by atoms with E-state index in [2.05, 4.69) is 21.9 Å². The van der Waals surface area contributed by atoms with Crippen molar-refractivity contribution >= 4 is 24.4 Å². The van der Waals surface area contributed by atoms with Crippen LogP contribution >= 0.6 is 7.37 Å². The summed E-state index contributed by atoms with van der Waals surface area (Å²) >= 11 is 0. The van der Waals surface area contributed by atoms with Crippen LogP contribution in [0.4, 0.5) is 5.82 Å². The molecule has 1 fully saturated rings. The molecule has 0 radical (unpaired) electrons. The number of fused-ring (bicyclic) bond motifs is 1. The summed E-state index contributed by atoms with van der Waals surface area (Å²) < 4.78 is 18.9. The van der Waals surface area contributed by atoms with Gasteiger partial charge in [0, 0.05) is 19.4 Å². The van der Waals surface area contributed by atoms with Crippen LogP contribution in [0.3, 0.4) is 0 Å². The highest BCUT2D eigenvalue weighted by Gasteiger charge is 2.28. The molecule has 0 bridgehead atoms. The third-order valence-electron chi connectivity index (χ3n) is 5.29. The van der Waals surface area contributed by atoms with Crippen molar-refractivity contribution in [3.63, 3.8) is 0 Å². The Morgan fingerprint density at radius 1 is 1.36 bits per heavy atom. The van der Waals surface area contributed by atoms with Gasteiger partial charge in [0.2, 0.25) is 0 Å². The Kier molecular flexibility index (Phi) is 6.45. The molecule has 9 nitrogen and oxygen atoms in total. The zero-order valence-electron chi connectivity index (χ0n) is 16.6. The molecule has 3 unspecified atom stereocenters. The molecule has 1 aliphatic rings. The molecule has 0 aromatic carbocycles. The van der Waals surface area contributed by atoms with Crippen LogP contribution in [0.25, 0.3) is 11.2 Å². The fourth-order valence-electron chi connectivity index (χ4n) is 4.04. The lowest BCUT2D eigenvalue weighted by molar-refractivity contribution is 0.254. The first-order valence-electron chi connectivity index (χ1n) is 9.95. The van der Waals surface area contributed by atoms with Gasteiger partial charge in [0.05, 0.1) is 6.61 Å². The van der Waals surface area contributed by atoms with Crippen LogP contribution in [0.5, 0.6) is 6.01 Å². The summed E-state index contributed by atoms with van der Waals surface area (Å²) in [6.07, 6.45) is 5.99. The smallest absolute Gasteiger partial charge is 0.327 e. The van der Waals surface area contributed by atoms with Gasteiger partial charge in [-0.1, -0.05) is 19.8 Å². The van der Waals surface area contributed by atoms with Gasteiger partial charge in [-0.25, -0.2) is 4.79 Å². The SMILES string of the molecule is CCCCOc1nc(N)c2[nH]c(=O)n(CC3CCCC(CP(C)(=O)O)C3)c2n1. The number of aromatic amines is 1. The Balaban J connectivity index is 1.81. The highest BCUT2D eigenvalue weighted by molar-refractivity contribution is 7.57. The topological polar surface area (TPSA) is 136 Å². The van der Waals surface area contributed by atoms with Crippen molar-refractivity contribution in [1.29, 1.82) is 0 Å². The molecule has 2 aromatic heterocycles. The lowest BCUT2D eigenvalue weighted by Crippen LogP contribution is -2.26. The van der Waals surface area contributed by atoms with Gasteiger partial charge < -0.3 is 20.3 Å². The Morgan fingerprint density at radius 3 is 2.82 bits per heavy atom. The van der Waals surface area contributed by atoms with E-state index in [-0.39, 0.29) is 29.4 Å². The second-order valence-electron chi connectivity index (χ2n) is 7.97. The zero-order chi connectivity index (χ0) is 20.3. The molecule has 0 aliphatic heterocycles. The normalized spacial score (nSPS) is 22.2. The van der Waals surface area contributed by atoms with E-state index in [0.29, 0.717) is 30.5 Å². The summed E-state index contributed by atoms with van der Waals surface area (Å²) in [6, 6.07) is 0.180. The fraction of sp³-hybridized carbons (Fsp3) is 0.722. The van der Waals surface area contributed by atoms with Gasteiger partial charge >= 0.3 is 11.7 Å². The summed E-state index contributed by atoms with van der Waals surface area (Å²) in [6.45, 7) is 4.48. The van der Waals surface area contributed by atoms with Crippen LogP contribution in [-0.4, -0.2) is 43.8 Å². The number of nitrogens with two attached hydrogens (primary N) is 1. The fourth-order valence-corrected chi connectivity index (χ4v) is 5.33. The Bertz CT molecular complexity index is 919. The summed E-state index contributed by atoms with van der Waals surface area (Å²) in [5.74, 6) is 0.664. The van der Waals surface area contributed by atoms with E-state index in [9.17, 15) is 14.3 Å². The Labute approximate surface area is 164 Å². The second-order valence-corrected chi connectivity index (χ2v) is 10.4. The highest BCUT2D eigenvalue weighted by atomic mass is 31.2. The van der Waals surface area contributed by atoms with Gasteiger partial charge in [-0.15, -0.1) is 0 Å². The highest BCUT2D eigenvalue weighted by Crippen LogP contribution is 2.43. The summed E-state index contributed by atoms with van der Waals surface area (Å²) in [5, 5.41) is 0. The van der Waals surface area contributed by atoms with Crippen molar-refractivity contribution in [3.05, 3.63) is 10.5 Å². The predicted octanol–water partition coefficient (Wildman–Crippen LogP) is 2.59. The molecule has 0 saturated heterocycles. The van der Waals surface area contributed by atoms with E-state index in [0.717, 1.165) is 38.5 Å². The van der Waals surface area contributed by atoms with E-state index >= 15 is 0 Å². The van der Waals surface area contributed by atoms with Gasteiger partial charge in [-0.3, -0.25) is 9.13 Å². The molecule has 0 amide bonds. The Hall–Kier alpha value is -1.86. The largest absolute Gasteiger partial charge is 0.463 e. The third kappa shape index (κ3) is 5.14. The van der Waals surface area contributed by atoms with Gasteiger partial charge in [0.1, 0.15) is 5.52 Å². The molecular formula is C18H30N5O4P. The number of hydrogen-bond donors (Lipinski definition) is 3. The minimum absolute atomic E-state index is 0.180. The van der Waals surface area contributed by atoms with E-state index in [4.69, 9.17) is 10.5 Å². The number of unbranched alkanes of at least 4 members (excludes halogenated alkanes) is 1. The molecule has 28 heavy (non-hydrogen) atoms. The van der Waals surface area contributed by atoms with Crippen LogP contribution in [0.1, 0.15) is 45.4 Å². The molecule has 3 atom stereocenters. The van der Waals surface area contributed by atoms with E-state index in [1.165, 1.54) is 6.66 Å².